The third-order valence-electron chi connectivity index (χ3n) is 6.66. The van der Waals surface area contributed by atoms with Gasteiger partial charge in [-0.1, -0.05) is 17.3 Å². The minimum atomic E-state index is -0.512. The highest BCUT2D eigenvalue weighted by molar-refractivity contribution is 6.02. The van der Waals surface area contributed by atoms with Crippen molar-refractivity contribution < 1.29 is 18.8 Å². The van der Waals surface area contributed by atoms with Crippen LogP contribution >= 0.6 is 0 Å². The first kappa shape index (κ1) is 25.7. The molecule has 2 amide bonds. The van der Waals surface area contributed by atoms with E-state index in [9.17, 15) is 9.59 Å². The van der Waals surface area contributed by atoms with Crippen molar-refractivity contribution >= 4 is 23.4 Å². The second-order valence-electron chi connectivity index (χ2n) is 10.7. The van der Waals surface area contributed by atoms with Gasteiger partial charge in [0, 0.05) is 74.0 Å². The van der Waals surface area contributed by atoms with Crippen LogP contribution in [0.5, 0.6) is 0 Å². The van der Waals surface area contributed by atoms with Crippen molar-refractivity contribution in [2.75, 3.05) is 38.5 Å². The van der Waals surface area contributed by atoms with Crippen LogP contribution in [0.2, 0.25) is 0 Å². The van der Waals surface area contributed by atoms with E-state index in [2.05, 4.69) is 15.5 Å². The molecule has 194 valence electrons. The summed E-state index contributed by atoms with van der Waals surface area (Å²) in [6.07, 6.45) is 1.69. The molecule has 3 heterocycles. The molecule has 2 fully saturated rings. The molecular formula is C26H36N6O4. The van der Waals surface area contributed by atoms with Gasteiger partial charge in [-0.3, -0.25) is 4.79 Å². The Morgan fingerprint density at radius 2 is 1.89 bits per heavy atom. The van der Waals surface area contributed by atoms with E-state index in [1.54, 1.807) is 11.8 Å². The van der Waals surface area contributed by atoms with Crippen LogP contribution in [0.3, 0.4) is 0 Å². The molecule has 10 heteroatoms. The fraction of sp³-hybridized carbons (Fsp3) is 0.577. The summed E-state index contributed by atoms with van der Waals surface area (Å²) in [6.45, 7) is 9.74. The third-order valence-corrected chi connectivity index (χ3v) is 6.66. The quantitative estimate of drug-likeness (QED) is 0.576. The number of carbonyl (C=O) groups excluding carboxylic acids is 2. The maximum Gasteiger partial charge on any atom is 0.410 e. The number of piperidine rings is 1. The molecule has 36 heavy (non-hydrogen) atoms. The maximum atomic E-state index is 12.8. The topological polar surface area (TPSA) is 125 Å². The highest BCUT2D eigenvalue weighted by atomic mass is 16.6. The Labute approximate surface area is 211 Å². The van der Waals surface area contributed by atoms with Crippen LogP contribution in [0.1, 0.15) is 64.3 Å². The summed E-state index contributed by atoms with van der Waals surface area (Å²) < 4.78 is 11.0. The summed E-state index contributed by atoms with van der Waals surface area (Å²) in [4.78, 5) is 33.1. The van der Waals surface area contributed by atoms with Gasteiger partial charge in [-0.15, -0.1) is 0 Å². The number of hydrogen-bond donors (Lipinski definition) is 2. The molecule has 0 aliphatic carbocycles. The Balaban J connectivity index is 1.26. The Morgan fingerprint density at radius 1 is 1.19 bits per heavy atom. The summed E-state index contributed by atoms with van der Waals surface area (Å²) >= 11 is 0. The van der Waals surface area contributed by atoms with Crippen LogP contribution in [-0.2, 0) is 9.53 Å². The molecule has 2 saturated heterocycles. The molecule has 10 nitrogen and oxygen atoms in total. The summed E-state index contributed by atoms with van der Waals surface area (Å²) in [5.41, 5.74) is 2.48. The van der Waals surface area contributed by atoms with Crippen LogP contribution in [0.15, 0.2) is 22.7 Å². The number of anilines is 1. The summed E-state index contributed by atoms with van der Waals surface area (Å²) in [6, 6.07) is 5.71. The number of likely N-dealkylation sites (tertiary alicyclic amines) is 2. The molecule has 2 aromatic rings. The number of hydrogen-bond acceptors (Lipinski definition) is 8. The van der Waals surface area contributed by atoms with Crippen molar-refractivity contribution in [2.45, 2.75) is 58.5 Å². The molecule has 1 aromatic carbocycles. The molecule has 0 atom stereocenters. The Kier molecular flexibility index (Phi) is 7.33. The molecule has 1 aromatic heterocycles. The fourth-order valence-corrected chi connectivity index (χ4v) is 4.66. The average Bonchev–Trinajstić information content (AvgIpc) is 3.29. The predicted molar refractivity (Wildman–Crippen MR) is 136 cm³/mol. The zero-order valence-corrected chi connectivity index (χ0v) is 21.8. The van der Waals surface area contributed by atoms with Gasteiger partial charge in [0.2, 0.25) is 17.6 Å². The minimum Gasteiger partial charge on any atom is -0.444 e. The molecule has 2 aliphatic heterocycles. The van der Waals surface area contributed by atoms with Crippen LogP contribution < -0.4 is 5.32 Å². The normalized spacial score (nSPS) is 17.0. The molecule has 0 bridgehead atoms. The summed E-state index contributed by atoms with van der Waals surface area (Å²) in [7, 11) is 1.82. The van der Waals surface area contributed by atoms with Gasteiger partial charge >= 0.3 is 6.09 Å². The number of nitrogens with zero attached hydrogens (tertiary/aromatic N) is 4. The number of benzene rings is 1. The van der Waals surface area contributed by atoms with Crippen molar-refractivity contribution in [3.63, 3.8) is 0 Å². The van der Waals surface area contributed by atoms with Gasteiger partial charge < -0.3 is 29.8 Å². The highest BCUT2D eigenvalue weighted by Crippen LogP contribution is 2.31. The van der Waals surface area contributed by atoms with Crippen molar-refractivity contribution in [3.05, 3.63) is 29.7 Å². The molecule has 0 radical (unpaired) electrons. The molecule has 0 spiro atoms. The van der Waals surface area contributed by atoms with Gasteiger partial charge in [0.05, 0.1) is 0 Å². The molecule has 2 aliphatic rings. The van der Waals surface area contributed by atoms with Crippen molar-refractivity contribution in [1.82, 2.24) is 19.9 Å². The van der Waals surface area contributed by atoms with E-state index in [0.717, 1.165) is 29.7 Å². The van der Waals surface area contributed by atoms with Crippen molar-refractivity contribution in [3.8, 4) is 11.4 Å². The van der Waals surface area contributed by atoms with E-state index < -0.39 is 5.60 Å². The smallest absolute Gasteiger partial charge is 0.410 e. The maximum absolute atomic E-state index is 12.8. The Bertz CT molecular complexity index is 1120. The first-order valence-corrected chi connectivity index (χ1v) is 12.5. The number of carbonyl (C=O) groups is 2. The molecular weight excluding hydrogens is 460 g/mol. The second kappa shape index (κ2) is 10.3. The lowest BCUT2D eigenvalue weighted by atomic mass is 9.93. The van der Waals surface area contributed by atoms with Crippen molar-refractivity contribution in [2.24, 2.45) is 5.92 Å². The van der Waals surface area contributed by atoms with E-state index in [1.807, 2.05) is 50.9 Å². The summed E-state index contributed by atoms with van der Waals surface area (Å²) in [5, 5.41) is 15.2. The standard InChI is InChI=1S/C26H36N6O4/c1-16(27)20-7-6-19(13-21(20)28-5)23-29-24(36-30-23)18-8-10-31(11-9-18)22(33)12-17-14-32(15-17)25(34)35-26(2,3)4/h6-7,13,17-18,27-28H,8-12,14-15H2,1-5H3. The van der Waals surface area contributed by atoms with E-state index in [1.165, 1.54) is 0 Å². The first-order valence-electron chi connectivity index (χ1n) is 12.5. The number of aromatic nitrogens is 2. The minimum absolute atomic E-state index is 0.119. The van der Waals surface area contributed by atoms with E-state index in [-0.39, 0.29) is 23.8 Å². The van der Waals surface area contributed by atoms with Gasteiger partial charge in [0.15, 0.2) is 0 Å². The zero-order chi connectivity index (χ0) is 26.0. The van der Waals surface area contributed by atoms with Crippen LogP contribution in [0.4, 0.5) is 10.5 Å². The van der Waals surface area contributed by atoms with Crippen LogP contribution in [-0.4, -0.2) is 76.5 Å². The Hall–Kier alpha value is -3.43. The van der Waals surface area contributed by atoms with Crippen LogP contribution in [0.25, 0.3) is 11.4 Å². The van der Waals surface area contributed by atoms with E-state index in [4.69, 9.17) is 14.7 Å². The monoisotopic (exact) mass is 496 g/mol. The first-order chi connectivity index (χ1) is 17.0. The lowest BCUT2D eigenvalue weighted by molar-refractivity contribution is -0.134. The molecule has 0 unspecified atom stereocenters. The molecule has 0 saturated carbocycles. The lowest BCUT2D eigenvalue weighted by Gasteiger charge is -2.40. The second-order valence-corrected chi connectivity index (χ2v) is 10.7. The average molecular weight is 497 g/mol. The van der Waals surface area contributed by atoms with Crippen molar-refractivity contribution in [1.29, 1.82) is 5.41 Å². The SMILES string of the molecule is CNc1cc(-c2noc(C3CCN(C(=O)CC4CN(C(=O)OC(C)(C)C)C4)CC3)n2)ccc1C(C)=N. The number of rotatable bonds is 6. The number of amides is 2. The number of ether oxygens (including phenoxy) is 1. The highest BCUT2D eigenvalue weighted by Gasteiger charge is 2.36. The largest absolute Gasteiger partial charge is 0.444 e. The predicted octanol–water partition coefficient (Wildman–Crippen LogP) is 4.13. The molecule has 2 N–H and O–H groups in total. The fourth-order valence-electron chi connectivity index (χ4n) is 4.66. The van der Waals surface area contributed by atoms with Crippen LogP contribution in [0, 0.1) is 11.3 Å². The number of nitrogens with one attached hydrogen (secondary N) is 2. The molecule has 4 rings (SSSR count). The van der Waals surface area contributed by atoms with Gasteiger partial charge in [-0.05, 0) is 46.6 Å². The Morgan fingerprint density at radius 3 is 2.50 bits per heavy atom. The summed E-state index contributed by atoms with van der Waals surface area (Å²) in [5.74, 6) is 1.56. The van der Waals surface area contributed by atoms with Gasteiger partial charge in [0.1, 0.15) is 5.60 Å². The van der Waals surface area contributed by atoms with Gasteiger partial charge in [0.25, 0.3) is 0 Å². The van der Waals surface area contributed by atoms with E-state index >= 15 is 0 Å². The lowest BCUT2D eigenvalue weighted by Crippen LogP contribution is -2.53. The van der Waals surface area contributed by atoms with E-state index in [0.29, 0.717) is 50.0 Å². The van der Waals surface area contributed by atoms with Gasteiger partial charge in [-0.2, -0.15) is 4.98 Å². The third kappa shape index (κ3) is 5.85. The van der Waals surface area contributed by atoms with Gasteiger partial charge in [-0.25, -0.2) is 4.79 Å². The zero-order valence-electron chi connectivity index (χ0n) is 21.8.